The molecule has 0 bridgehead atoms. The van der Waals surface area contributed by atoms with E-state index in [0.29, 0.717) is 22.2 Å². The van der Waals surface area contributed by atoms with Gasteiger partial charge in [-0.15, -0.1) is 0 Å². The quantitative estimate of drug-likeness (QED) is 0.862. The molecule has 0 spiro atoms. The first-order valence-electron chi connectivity index (χ1n) is 6.72. The van der Waals surface area contributed by atoms with Gasteiger partial charge < -0.3 is 10.2 Å². The summed E-state index contributed by atoms with van der Waals surface area (Å²) in [6, 6.07) is 6.98. The molecule has 0 atom stereocenters. The Morgan fingerprint density at radius 3 is 2.71 bits per heavy atom. The van der Waals surface area contributed by atoms with E-state index in [1.54, 1.807) is 43.7 Å². The Morgan fingerprint density at radius 2 is 2.00 bits per heavy atom. The van der Waals surface area contributed by atoms with Gasteiger partial charge in [0.05, 0.1) is 11.3 Å². The number of nitrogens with one attached hydrogen (secondary N) is 1. The maximum Gasteiger partial charge on any atom is 0.261 e. The van der Waals surface area contributed by atoms with Crippen LogP contribution in [0.4, 0.5) is 11.5 Å². The van der Waals surface area contributed by atoms with E-state index in [0.717, 1.165) is 13.0 Å². The normalized spacial score (nSPS) is 10.2. The third-order valence-corrected chi connectivity index (χ3v) is 3.28. The van der Waals surface area contributed by atoms with Crippen LogP contribution in [0.3, 0.4) is 0 Å². The molecule has 21 heavy (non-hydrogen) atoms. The number of aromatic nitrogens is 2. The number of halogens is 1. The molecule has 2 rings (SSSR count). The van der Waals surface area contributed by atoms with E-state index in [-0.39, 0.29) is 5.91 Å². The topological polar surface area (TPSA) is 58.1 Å². The van der Waals surface area contributed by atoms with E-state index in [1.807, 2.05) is 0 Å². The van der Waals surface area contributed by atoms with Gasteiger partial charge in [0.25, 0.3) is 5.91 Å². The highest BCUT2D eigenvalue weighted by Crippen LogP contribution is 2.24. The number of hydrogen-bond donors (Lipinski definition) is 1. The first kappa shape index (κ1) is 15.3. The van der Waals surface area contributed by atoms with Gasteiger partial charge in [0.15, 0.2) is 5.15 Å². The maximum atomic E-state index is 12.6. The number of anilines is 2. The van der Waals surface area contributed by atoms with Crippen molar-refractivity contribution in [2.75, 3.05) is 23.8 Å². The number of carbonyl (C=O) groups is 1. The smallest absolute Gasteiger partial charge is 0.261 e. The minimum atomic E-state index is -0.184. The summed E-state index contributed by atoms with van der Waals surface area (Å²) >= 11 is 6.04. The lowest BCUT2D eigenvalue weighted by atomic mass is 10.2. The predicted octanol–water partition coefficient (Wildman–Crippen LogP) is 3.23. The SMILES string of the molecule is CCCNc1ncccc1C(=O)N(C)c1cccnc1Cl. The molecule has 0 saturated carbocycles. The maximum absolute atomic E-state index is 12.6. The highest BCUT2D eigenvalue weighted by atomic mass is 35.5. The van der Waals surface area contributed by atoms with E-state index in [9.17, 15) is 4.79 Å². The summed E-state index contributed by atoms with van der Waals surface area (Å²) in [6.07, 6.45) is 4.20. The molecular formula is C15H17ClN4O. The van der Waals surface area contributed by atoms with Crippen molar-refractivity contribution in [3.63, 3.8) is 0 Å². The predicted molar refractivity (Wildman–Crippen MR) is 85.0 cm³/mol. The van der Waals surface area contributed by atoms with Crippen molar-refractivity contribution in [3.05, 3.63) is 47.4 Å². The second-order valence-electron chi connectivity index (χ2n) is 4.50. The summed E-state index contributed by atoms with van der Waals surface area (Å²) in [5.74, 6) is 0.396. The second-order valence-corrected chi connectivity index (χ2v) is 4.86. The fourth-order valence-electron chi connectivity index (χ4n) is 1.88. The van der Waals surface area contributed by atoms with Gasteiger partial charge in [-0.3, -0.25) is 4.79 Å². The Kier molecular flexibility index (Phi) is 5.11. The molecular weight excluding hydrogens is 288 g/mol. The van der Waals surface area contributed by atoms with Gasteiger partial charge >= 0.3 is 0 Å². The lowest BCUT2D eigenvalue weighted by Gasteiger charge is -2.19. The van der Waals surface area contributed by atoms with Crippen LogP contribution in [-0.4, -0.2) is 29.5 Å². The van der Waals surface area contributed by atoms with Gasteiger partial charge in [0.2, 0.25) is 0 Å². The zero-order chi connectivity index (χ0) is 15.2. The van der Waals surface area contributed by atoms with Crippen LogP contribution in [0.1, 0.15) is 23.7 Å². The van der Waals surface area contributed by atoms with Gasteiger partial charge in [-0.25, -0.2) is 9.97 Å². The third-order valence-electron chi connectivity index (χ3n) is 2.99. The molecule has 0 aliphatic rings. The minimum Gasteiger partial charge on any atom is -0.369 e. The van der Waals surface area contributed by atoms with E-state index < -0.39 is 0 Å². The van der Waals surface area contributed by atoms with E-state index in [1.165, 1.54) is 4.90 Å². The van der Waals surface area contributed by atoms with Crippen molar-refractivity contribution in [2.45, 2.75) is 13.3 Å². The molecule has 0 aliphatic carbocycles. The van der Waals surface area contributed by atoms with Crippen molar-refractivity contribution < 1.29 is 4.79 Å². The van der Waals surface area contributed by atoms with Crippen molar-refractivity contribution in [1.82, 2.24) is 9.97 Å². The zero-order valence-corrected chi connectivity index (χ0v) is 12.8. The Morgan fingerprint density at radius 1 is 1.29 bits per heavy atom. The van der Waals surface area contributed by atoms with Gasteiger partial charge in [0, 0.05) is 26.0 Å². The summed E-state index contributed by atoms with van der Waals surface area (Å²) in [6.45, 7) is 2.81. The number of amides is 1. The van der Waals surface area contributed by atoms with Gasteiger partial charge in [0.1, 0.15) is 5.82 Å². The first-order valence-corrected chi connectivity index (χ1v) is 7.10. The van der Waals surface area contributed by atoms with Crippen molar-refractivity contribution in [3.8, 4) is 0 Å². The molecule has 1 N–H and O–H groups in total. The number of nitrogens with zero attached hydrogens (tertiary/aromatic N) is 3. The van der Waals surface area contributed by atoms with Crippen LogP contribution in [0.15, 0.2) is 36.7 Å². The van der Waals surface area contributed by atoms with Gasteiger partial charge in [-0.2, -0.15) is 0 Å². The number of hydrogen-bond acceptors (Lipinski definition) is 4. The summed E-state index contributed by atoms with van der Waals surface area (Å²) in [4.78, 5) is 22.3. The van der Waals surface area contributed by atoms with E-state index in [4.69, 9.17) is 11.6 Å². The lowest BCUT2D eigenvalue weighted by molar-refractivity contribution is 0.0993. The summed E-state index contributed by atoms with van der Waals surface area (Å²) in [7, 11) is 1.67. The van der Waals surface area contributed by atoms with Crippen LogP contribution in [0, 0.1) is 0 Å². The van der Waals surface area contributed by atoms with E-state index in [2.05, 4.69) is 22.2 Å². The fraction of sp³-hybridized carbons (Fsp3) is 0.267. The number of pyridine rings is 2. The average molecular weight is 305 g/mol. The molecule has 0 unspecified atom stereocenters. The fourth-order valence-corrected chi connectivity index (χ4v) is 2.13. The highest BCUT2D eigenvalue weighted by Gasteiger charge is 2.19. The average Bonchev–Trinajstić information content (AvgIpc) is 2.52. The summed E-state index contributed by atoms with van der Waals surface area (Å²) in [5, 5.41) is 3.45. The van der Waals surface area contributed by atoms with Crippen LogP contribution in [0.5, 0.6) is 0 Å². The minimum absolute atomic E-state index is 0.184. The van der Waals surface area contributed by atoms with Crippen LogP contribution in [0.25, 0.3) is 0 Å². The number of rotatable bonds is 5. The molecule has 2 aromatic rings. The highest BCUT2D eigenvalue weighted by molar-refractivity contribution is 6.32. The molecule has 1 amide bonds. The van der Waals surface area contributed by atoms with E-state index >= 15 is 0 Å². The van der Waals surface area contributed by atoms with Crippen LogP contribution in [-0.2, 0) is 0 Å². The largest absolute Gasteiger partial charge is 0.369 e. The summed E-state index contributed by atoms with van der Waals surface area (Å²) < 4.78 is 0. The molecule has 2 heterocycles. The molecule has 6 heteroatoms. The monoisotopic (exact) mass is 304 g/mol. The van der Waals surface area contributed by atoms with Crippen LogP contribution >= 0.6 is 11.6 Å². The Bertz CT molecular complexity index is 633. The Labute approximate surface area is 129 Å². The van der Waals surface area contributed by atoms with Crippen LogP contribution < -0.4 is 10.2 Å². The van der Waals surface area contributed by atoms with Crippen LogP contribution in [0.2, 0.25) is 5.15 Å². The zero-order valence-electron chi connectivity index (χ0n) is 12.0. The second kappa shape index (κ2) is 7.04. The molecule has 5 nitrogen and oxygen atoms in total. The first-order chi connectivity index (χ1) is 10.1. The molecule has 2 aromatic heterocycles. The molecule has 0 fully saturated rings. The Balaban J connectivity index is 2.30. The molecule has 0 radical (unpaired) electrons. The Hall–Kier alpha value is -2.14. The van der Waals surface area contributed by atoms with Crippen molar-refractivity contribution in [2.24, 2.45) is 0 Å². The molecule has 0 saturated heterocycles. The molecule has 0 aromatic carbocycles. The summed E-state index contributed by atoms with van der Waals surface area (Å²) in [5.41, 5.74) is 1.07. The van der Waals surface area contributed by atoms with Gasteiger partial charge in [-0.1, -0.05) is 18.5 Å². The van der Waals surface area contributed by atoms with Crippen molar-refractivity contribution >= 4 is 29.0 Å². The number of carbonyl (C=O) groups excluding carboxylic acids is 1. The molecule has 110 valence electrons. The molecule has 0 aliphatic heterocycles. The van der Waals surface area contributed by atoms with Gasteiger partial charge in [-0.05, 0) is 30.7 Å². The standard InChI is InChI=1S/C15H17ClN4O/c1-3-8-18-14-11(6-4-10-19-14)15(21)20(2)12-7-5-9-17-13(12)16/h4-7,9-10H,3,8H2,1-2H3,(H,18,19). The lowest BCUT2D eigenvalue weighted by Crippen LogP contribution is -2.28. The third kappa shape index (κ3) is 3.49. The van der Waals surface area contributed by atoms with Crippen molar-refractivity contribution in [1.29, 1.82) is 0 Å².